The van der Waals surface area contributed by atoms with Gasteiger partial charge in [0.15, 0.2) is 9.84 Å². The van der Waals surface area contributed by atoms with Gasteiger partial charge in [-0.05, 0) is 153 Å². The third kappa shape index (κ3) is 5.19. The van der Waals surface area contributed by atoms with E-state index in [1.54, 1.807) is 0 Å². The summed E-state index contributed by atoms with van der Waals surface area (Å²) in [4.78, 5) is 27.5. The van der Waals surface area contributed by atoms with Crippen molar-refractivity contribution in [1.82, 2.24) is 10.2 Å². The quantitative estimate of drug-likeness (QED) is 0.255. The van der Waals surface area contributed by atoms with Gasteiger partial charge in [-0.25, -0.2) is 12.8 Å². The molecule has 6 aliphatic carbocycles. The van der Waals surface area contributed by atoms with Crippen molar-refractivity contribution >= 4 is 21.7 Å². The van der Waals surface area contributed by atoms with Crippen molar-refractivity contribution in [2.45, 2.75) is 142 Å². The number of nitrogens with one attached hydrogen (secondary N) is 1. The summed E-state index contributed by atoms with van der Waals surface area (Å²) in [5.41, 5.74) is 2.96. The lowest BCUT2D eigenvalue weighted by Crippen LogP contribution is -2.68. The number of sulfone groups is 1. The normalized spacial score (nSPS) is 47.8. The Kier molecular flexibility index (Phi) is 8.76. The van der Waals surface area contributed by atoms with Gasteiger partial charge in [-0.3, -0.25) is 9.59 Å². The number of carboxylic acids is 1. The van der Waals surface area contributed by atoms with Crippen molar-refractivity contribution in [2.24, 2.45) is 56.7 Å². The largest absolute Gasteiger partial charge is 0.481 e. The fourth-order valence-electron chi connectivity index (χ4n) is 15.5. The molecule has 2 saturated heterocycles. The minimum Gasteiger partial charge on any atom is -0.481 e. The van der Waals surface area contributed by atoms with Gasteiger partial charge in [0.25, 0.3) is 0 Å². The first-order chi connectivity index (χ1) is 24.8. The SMILES string of the molecule is C=C(C)C1CCC2(NCC(=O)N3CC4CC3CS4(=O)=O)CCC3(C)C(CCC4C5(C)CC=C(C6=CCC(CF)(C(=O)O)CC6)C(C)(C)C5CCC43C)C12. The van der Waals surface area contributed by atoms with Crippen LogP contribution >= 0.6 is 0 Å². The third-order valence-corrected chi connectivity index (χ3v) is 20.7. The molecular weight excluding hydrogens is 688 g/mol. The number of amides is 1. The summed E-state index contributed by atoms with van der Waals surface area (Å²) < 4.78 is 38.8. The first-order valence-corrected chi connectivity index (χ1v) is 22.6. The summed E-state index contributed by atoms with van der Waals surface area (Å²) in [5, 5.41) is 13.4. The van der Waals surface area contributed by atoms with Crippen molar-refractivity contribution in [2.75, 3.05) is 25.5 Å². The minimum absolute atomic E-state index is 0.0510. The van der Waals surface area contributed by atoms with Crippen LogP contribution in [0.1, 0.15) is 125 Å². The molecule has 2 bridgehead atoms. The number of hydrogen-bond acceptors (Lipinski definition) is 5. The molecule has 0 aromatic rings. The fraction of sp³-hybridized carbons (Fsp3) is 0.818. The lowest BCUT2D eigenvalue weighted by atomic mass is 9.33. The van der Waals surface area contributed by atoms with E-state index in [4.69, 9.17) is 0 Å². The standard InChI is InChI=1S/C44H65FN2O5S/c1-27(2)31-12-19-44(46-23-36(48)47-24-30-22-29(47)25-53(30,51)52)21-20-41(6)33(37(31)44)8-9-35-40(5)15-13-32(39(3,4)34(40)14-16-42(35,41)7)28-10-17-43(26-45,18-11-28)38(49)50/h10,13,29-31,33-35,37,46H,1,8-9,11-12,14-26H2,2-7H3,(H,49,50). The molecule has 0 radical (unpaired) electrons. The number of halogens is 1. The zero-order valence-corrected chi connectivity index (χ0v) is 34.1. The maximum atomic E-state index is 14.0. The Hall–Kier alpha value is -2.00. The molecule has 12 atom stereocenters. The molecule has 9 heteroatoms. The molecule has 7 nitrogen and oxygen atoms in total. The number of rotatable bonds is 7. The Bertz CT molecular complexity index is 1770. The zero-order chi connectivity index (χ0) is 38.1. The molecule has 0 aromatic heterocycles. The second-order valence-corrected chi connectivity index (χ2v) is 23.1. The zero-order valence-electron chi connectivity index (χ0n) is 33.2. The van der Waals surface area contributed by atoms with Gasteiger partial charge in [-0.15, -0.1) is 0 Å². The maximum absolute atomic E-state index is 14.0. The molecule has 2 N–H and O–H groups in total. The molecule has 12 unspecified atom stereocenters. The van der Waals surface area contributed by atoms with E-state index in [-0.39, 0.29) is 63.1 Å². The van der Waals surface area contributed by atoms with Crippen LogP contribution in [0.4, 0.5) is 4.39 Å². The van der Waals surface area contributed by atoms with E-state index < -0.39 is 27.9 Å². The Morgan fingerprint density at radius 1 is 0.962 bits per heavy atom. The van der Waals surface area contributed by atoms with E-state index in [0.29, 0.717) is 55.4 Å². The number of carbonyl (C=O) groups is 2. The summed E-state index contributed by atoms with van der Waals surface area (Å²) in [6, 6.07) is -0.159. The van der Waals surface area contributed by atoms with Crippen LogP contribution in [0.5, 0.6) is 0 Å². The van der Waals surface area contributed by atoms with Crippen LogP contribution in [-0.4, -0.2) is 72.6 Å². The topological polar surface area (TPSA) is 104 Å². The number of likely N-dealkylation sites (tertiary alicyclic amines) is 1. The molecule has 0 aromatic carbocycles. The fourth-order valence-corrected chi connectivity index (χ4v) is 17.5. The van der Waals surface area contributed by atoms with Gasteiger partial charge >= 0.3 is 5.97 Å². The predicted octanol–water partition coefficient (Wildman–Crippen LogP) is 8.07. The van der Waals surface area contributed by atoms with Crippen LogP contribution in [0.3, 0.4) is 0 Å². The summed E-state index contributed by atoms with van der Waals surface area (Å²) in [6.07, 6.45) is 16.6. The van der Waals surface area contributed by atoms with Crippen LogP contribution in [0, 0.1) is 56.7 Å². The van der Waals surface area contributed by atoms with Gasteiger partial charge in [-0.1, -0.05) is 58.9 Å². The number of fused-ring (bicyclic) bond motifs is 9. The highest BCUT2D eigenvalue weighted by Gasteiger charge is 2.70. The Morgan fingerprint density at radius 3 is 2.32 bits per heavy atom. The molecule has 2 heterocycles. The predicted molar refractivity (Wildman–Crippen MR) is 206 cm³/mol. The summed E-state index contributed by atoms with van der Waals surface area (Å²) in [7, 11) is -3.05. The summed E-state index contributed by atoms with van der Waals surface area (Å²) >= 11 is 0. The smallest absolute Gasteiger partial charge is 0.312 e. The minimum atomic E-state index is -3.05. The average molecular weight is 753 g/mol. The molecule has 4 saturated carbocycles. The second-order valence-electron chi connectivity index (χ2n) is 20.8. The molecule has 294 valence electrons. The van der Waals surface area contributed by atoms with Crippen LogP contribution in [0.25, 0.3) is 0 Å². The summed E-state index contributed by atoms with van der Waals surface area (Å²) in [5.74, 6) is 1.68. The van der Waals surface area contributed by atoms with Crippen molar-refractivity contribution < 1.29 is 27.5 Å². The number of carbonyl (C=O) groups excluding carboxylic acids is 1. The molecular formula is C44H65FN2O5S. The number of allylic oxidation sites excluding steroid dienone is 5. The van der Waals surface area contributed by atoms with Crippen LogP contribution in [-0.2, 0) is 19.4 Å². The Labute approximate surface area is 318 Å². The highest BCUT2D eigenvalue weighted by atomic mass is 32.2. The van der Waals surface area contributed by atoms with Crippen LogP contribution in [0.15, 0.2) is 35.5 Å². The number of alkyl halides is 1. The lowest BCUT2D eigenvalue weighted by molar-refractivity contribution is -0.221. The van der Waals surface area contributed by atoms with Gasteiger partial charge < -0.3 is 15.3 Å². The number of aliphatic carboxylic acids is 1. The Morgan fingerprint density at radius 2 is 1.72 bits per heavy atom. The van der Waals surface area contributed by atoms with Gasteiger partial charge in [0, 0.05) is 18.1 Å². The molecule has 2 aliphatic heterocycles. The van der Waals surface area contributed by atoms with Crippen molar-refractivity contribution in [3.63, 3.8) is 0 Å². The van der Waals surface area contributed by atoms with Crippen molar-refractivity contribution in [3.05, 3.63) is 35.5 Å². The van der Waals surface area contributed by atoms with Crippen molar-refractivity contribution in [1.29, 1.82) is 0 Å². The third-order valence-electron chi connectivity index (χ3n) is 18.5. The van der Waals surface area contributed by atoms with Crippen LogP contribution < -0.4 is 5.32 Å². The van der Waals surface area contributed by atoms with Gasteiger partial charge in [0.05, 0.1) is 23.0 Å². The van der Waals surface area contributed by atoms with Crippen LogP contribution in [0.2, 0.25) is 0 Å². The summed E-state index contributed by atoms with van der Waals surface area (Å²) in [6.45, 7) is 19.3. The van der Waals surface area contributed by atoms with E-state index in [0.717, 1.165) is 32.1 Å². The first-order valence-electron chi connectivity index (χ1n) is 20.9. The molecule has 8 aliphatic rings. The average Bonchev–Trinajstić information content (AvgIpc) is 3.78. The molecule has 6 fully saturated rings. The van der Waals surface area contributed by atoms with E-state index >= 15 is 0 Å². The number of nitrogens with zero attached hydrogens (tertiary/aromatic N) is 1. The number of hydrogen-bond donors (Lipinski definition) is 2. The lowest BCUT2D eigenvalue weighted by Gasteiger charge is -2.72. The number of carboxylic acid groups (broad SMARTS) is 1. The van der Waals surface area contributed by atoms with Gasteiger partial charge in [0.1, 0.15) is 6.67 Å². The van der Waals surface area contributed by atoms with E-state index in [1.807, 2.05) is 4.90 Å². The molecule has 8 rings (SSSR count). The van der Waals surface area contributed by atoms with E-state index in [9.17, 15) is 27.5 Å². The highest BCUT2D eigenvalue weighted by Crippen LogP contribution is 2.76. The van der Waals surface area contributed by atoms with Gasteiger partial charge in [-0.2, -0.15) is 0 Å². The monoisotopic (exact) mass is 752 g/mol. The molecule has 53 heavy (non-hydrogen) atoms. The Balaban J connectivity index is 1.05. The van der Waals surface area contributed by atoms with E-state index in [1.165, 1.54) is 42.4 Å². The first kappa shape index (κ1) is 37.9. The van der Waals surface area contributed by atoms with Gasteiger partial charge in [0.2, 0.25) is 5.91 Å². The molecule has 0 spiro atoms. The van der Waals surface area contributed by atoms with Crippen molar-refractivity contribution in [3.8, 4) is 0 Å². The van der Waals surface area contributed by atoms with E-state index in [2.05, 4.69) is 65.6 Å². The molecule has 1 amide bonds. The second kappa shape index (κ2) is 12.2. The highest BCUT2D eigenvalue weighted by molar-refractivity contribution is 7.92. The maximum Gasteiger partial charge on any atom is 0.312 e.